The molecule has 0 fully saturated rings. The molecule has 0 aliphatic heterocycles. The summed E-state index contributed by atoms with van der Waals surface area (Å²) in [7, 11) is 1.43. The van der Waals surface area contributed by atoms with E-state index in [1.807, 2.05) is 19.1 Å². The van der Waals surface area contributed by atoms with E-state index < -0.39 is 18.5 Å². The number of carbonyl (C=O) groups is 2. The van der Waals surface area contributed by atoms with Crippen LogP contribution in [0.4, 0.5) is 5.69 Å². The fraction of sp³-hybridized carbons (Fsp3) is 0.158. The number of hydrogen-bond donors (Lipinski definition) is 2. The molecule has 0 heterocycles. The molecule has 0 atom stereocenters. The third kappa shape index (κ3) is 5.63. The number of phenols is 1. The van der Waals surface area contributed by atoms with Crippen LogP contribution in [-0.2, 0) is 14.3 Å². The van der Waals surface area contributed by atoms with Crippen molar-refractivity contribution in [1.29, 1.82) is 0 Å². The maximum absolute atomic E-state index is 11.8. The summed E-state index contributed by atoms with van der Waals surface area (Å²) in [6.07, 6.45) is 2.70. The van der Waals surface area contributed by atoms with Crippen LogP contribution in [0.2, 0.25) is 0 Å². The Morgan fingerprint density at radius 2 is 2.00 bits per heavy atom. The van der Waals surface area contributed by atoms with Gasteiger partial charge in [0, 0.05) is 16.2 Å². The highest BCUT2D eigenvalue weighted by Gasteiger charge is 2.07. The van der Waals surface area contributed by atoms with Crippen LogP contribution in [-0.4, -0.2) is 30.7 Å². The van der Waals surface area contributed by atoms with Gasteiger partial charge in [0.05, 0.1) is 7.11 Å². The van der Waals surface area contributed by atoms with Crippen molar-refractivity contribution in [1.82, 2.24) is 0 Å². The maximum atomic E-state index is 11.8. The predicted molar refractivity (Wildman–Crippen MR) is 102 cm³/mol. The number of anilines is 1. The van der Waals surface area contributed by atoms with Crippen molar-refractivity contribution in [2.75, 3.05) is 19.0 Å². The molecule has 1 amide bonds. The number of benzene rings is 2. The van der Waals surface area contributed by atoms with Gasteiger partial charge in [0.2, 0.25) is 0 Å². The van der Waals surface area contributed by atoms with Crippen molar-refractivity contribution in [3.63, 3.8) is 0 Å². The molecular formula is C19H18BrNO5. The molecule has 2 N–H and O–H groups in total. The van der Waals surface area contributed by atoms with Crippen LogP contribution in [0, 0.1) is 6.92 Å². The number of hydrogen-bond acceptors (Lipinski definition) is 5. The number of methoxy groups -OCH3 is 1. The van der Waals surface area contributed by atoms with Crippen LogP contribution in [0.25, 0.3) is 6.08 Å². The summed E-state index contributed by atoms with van der Waals surface area (Å²) >= 11 is 3.38. The lowest BCUT2D eigenvalue weighted by molar-refractivity contribution is -0.142. The van der Waals surface area contributed by atoms with Gasteiger partial charge in [-0.1, -0.05) is 22.0 Å². The largest absolute Gasteiger partial charge is 0.504 e. The van der Waals surface area contributed by atoms with Gasteiger partial charge in [0.1, 0.15) is 0 Å². The van der Waals surface area contributed by atoms with E-state index in [2.05, 4.69) is 21.2 Å². The Labute approximate surface area is 159 Å². The van der Waals surface area contributed by atoms with Crippen LogP contribution in [0.1, 0.15) is 11.1 Å². The van der Waals surface area contributed by atoms with Crippen LogP contribution in [0.15, 0.2) is 46.9 Å². The molecule has 0 aromatic heterocycles. The third-order valence-corrected chi connectivity index (χ3v) is 4.29. The molecule has 0 radical (unpaired) electrons. The number of esters is 1. The second kappa shape index (κ2) is 9.05. The summed E-state index contributed by atoms with van der Waals surface area (Å²) in [6, 6.07) is 10.0. The Kier molecular flexibility index (Phi) is 6.80. The number of rotatable bonds is 6. The van der Waals surface area contributed by atoms with Gasteiger partial charge < -0.3 is 19.9 Å². The third-order valence-electron chi connectivity index (χ3n) is 3.40. The van der Waals surface area contributed by atoms with Crippen molar-refractivity contribution in [3.05, 3.63) is 58.1 Å². The molecule has 0 spiro atoms. The molecular weight excluding hydrogens is 402 g/mol. The van der Waals surface area contributed by atoms with E-state index in [9.17, 15) is 14.7 Å². The normalized spacial score (nSPS) is 10.6. The molecule has 0 saturated heterocycles. The van der Waals surface area contributed by atoms with Gasteiger partial charge in [-0.25, -0.2) is 4.79 Å². The Bertz CT molecular complexity index is 848. The second-order valence-electron chi connectivity index (χ2n) is 5.38. The molecule has 0 aliphatic rings. The van der Waals surface area contributed by atoms with E-state index in [1.165, 1.54) is 25.3 Å². The highest BCUT2D eigenvalue weighted by atomic mass is 79.9. The summed E-state index contributed by atoms with van der Waals surface area (Å²) in [4.78, 5) is 23.6. The number of nitrogens with one attached hydrogen (secondary N) is 1. The first-order valence-corrected chi connectivity index (χ1v) is 8.46. The molecule has 0 bridgehead atoms. The zero-order valence-electron chi connectivity index (χ0n) is 14.3. The van der Waals surface area contributed by atoms with E-state index in [-0.39, 0.29) is 5.75 Å². The molecule has 6 nitrogen and oxygen atoms in total. The predicted octanol–water partition coefficient (Wildman–Crippen LogP) is 3.67. The molecule has 2 rings (SSSR count). The molecule has 0 aliphatic carbocycles. The fourth-order valence-corrected chi connectivity index (χ4v) is 2.31. The average Bonchev–Trinajstić information content (AvgIpc) is 2.62. The van der Waals surface area contributed by atoms with Crippen molar-refractivity contribution in [2.45, 2.75) is 6.92 Å². The summed E-state index contributed by atoms with van der Waals surface area (Å²) < 4.78 is 10.8. The first kappa shape index (κ1) is 19.5. The molecule has 136 valence electrons. The lowest BCUT2D eigenvalue weighted by Crippen LogP contribution is -2.20. The Morgan fingerprint density at radius 3 is 2.69 bits per heavy atom. The average molecular weight is 420 g/mol. The van der Waals surface area contributed by atoms with Crippen LogP contribution in [0.3, 0.4) is 0 Å². The van der Waals surface area contributed by atoms with Crippen molar-refractivity contribution < 1.29 is 24.2 Å². The number of aryl methyl sites for hydroxylation is 1. The van der Waals surface area contributed by atoms with Gasteiger partial charge in [-0.3, -0.25) is 4.79 Å². The minimum atomic E-state index is -0.654. The number of ether oxygens (including phenoxy) is 2. The first-order chi connectivity index (χ1) is 12.4. The van der Waals surface area contributed by atoms with Gasteiger partial charge in [-0.15, -0.1) is 0 Å². The lowest BCUT2D eigenvalue weighted by Gasteiger charge is -2.07. The fourth-order valence-electron chi connectivity index (χ4n) is 2.07. The van der Waals surface area contributed by atoms with Gasteiger partial charge in [0.25, 0.3) is 5.91 Å². The monoisotopic (exact) mass is 419 g/mol. The van der Waals surface area contributed by atoms with Gasteiger partial charge in [0.15, 0.2) is 18.1 Å². The zero-order valence-corrected chi connectivity index (χ0v) is 15.9. The molecule has 0 unspecified atom stereocenters. The van der Waals surface area contributed by atoms with E-state index >= 15 is 0 Å². The Hall–Kier alpha value is -2.80. The van der Waals surface area contributed by atoms with Crippen LogP contribution >= 0.6 is 15.9 Å². The highest BCUT2D eigenvalue weighted by Crippen LogP contribution is 2.26. The van der Waals surface area contributed by atoms with Gasteiger partial charge in [-0.05, 0) is 54.5 Å². The molecule has 2 aromatic carbocycles. The van der Waals surface area contributed by atoms with Gasteiger partial charge >= 0.3 is 5.97 Å². The lowest BCUT2D eigenvalue weighted by atomic mass is 10.2. The number of carbonyl (C=O) groups excluding carboxylic acids is 2. The molecule has 0 saturated carbocycles. The number of amides is 1. The molecule has 7 heteroatoms. The van der Waals surface area contributed by atoms with Crippen molar-refractivity contribution >= 4 is 39.6 Å². The Balaban J connectivity index is 1.85. The SMILES string of the molecule is COc1cc(C=CC(=O)OCC(=O)Nc2ccc(Br)c(C)c2)ccc1O. The maximum Gasteiger partial charge on any atom is 0.331 e. The van der Waals surface area contributed by atoms with Crippen molar-refractivity contribution in [3.8, 4) is 11.5 Å². The van der Waals surface area contributed by atoms with E-state index in [1.54, 1.807) is 18.2 Å². The smallest absolute Gasteiger partial charge is 0.331 e. The van der Waals surface area contributed by atoms with E-state index in [0.717, 1.165) is 10.0 Å². The summed E-state index contributed by atoms with van der Waals surface area (Å²) in [5.41, 5.74) is 2.25. The first-order valence-electron chi connectivity index (χ1n) is 7.67. The quantitative estimate of drug-likeness (QED) is 0.551. The van der Waals surface area contributed by atoms with Crippen molar-refractivity contribution in [2.24, 2.45) is 0 Å². The number of halogens is 1. The minimum absolute atomic E-state index is 0.00655. The topological polar surface area (TPSA) is 84.9 Å². The second-order valence-corrected chi connectivity index (χ2v) is 6.24. The van der Waals surface area contributed by atoms with E-state index in [4.69, 9.17) is 9.47 Å². The number of aromatic hydroxyl groups is 1. The summed E-state index contributed by atoms with van der Waals surface area (Å²) in [6.45, 7) is 1.51. The Morgan fingerprint density at radius 1 is 1.23 bits per heavy atom. The van der Waals surface area contributed by atoms with Gasteiger partial charge in [-0.2, -0.15) is 0 Å². The summed E-state index contributed by atoms with van der Waals surface area (Å²) in [5.74, 6) is -0.782. The van der Waals surface area contributed by atoms with Crippen LogP contribution in [0.5, 0.6) is 11.5 Å². The number of phenolic OH excluding ortho intramolecular Hbond substituents is 1. The highest BCUT2D eigenvalue weighted by molar-refractivity contribution is 9.10. The summed E-state index contributed by atoms with van der Waals surface area (Å²) in [5, 5.41) is 12.2. The van der Waals surface area contributed by atoms with Crippen LogP contribution < -0.4 is 10.1 Å². The zero-order chi connectivity index (χ0) is 19.1. The molecule has 26 heavy (non-hydrogen) atoms. The standard InChI is InChI=1S/C19H18BrNO5/c1-12-9-14(5-6-15(12)20)21-18(23)11-26-19(24)8-4-13-3-7-16(22)17(10-13)25-2/h3-10,22H,11H2,1-2H3,(H,21,23). The molecule has 2 aromatic rings. The van der Waals surface area contributed by atoms with E-state index in [0.29, 0.717) is 17.0 Å². The minimum Gasteiger partial charge on any atom is -0.504 e.